The predicted octanol–water partition coefficient (Wildman–Crippen LogP) is 0.0767. The van der Waals surface area contributed by atoms with Crippen molar-refractivity contribution < 1.29 is 9.53 Å². The van der Waals surface area contributed by atoms with Crippen LogP contribution in [0.4, 0.5) is 4.79 Å². The van der Waals surface area contributed by atoms with Gasteiger partial charge in [-0.2, -0.15) is 0 Å². The van der Waals surface area contributed by atoms with Crippen LogP contribution in [0, 0.1) is 5.41 Å². The van der Waals surface area contributed by atoms with E-state index < -0.39 is 0 Å². The number of thioether (sulfide) groups is 1. The third-order valence-corrected chi connectivity index (χ3v) is 2.65. The van der Waals surface area contributed by atoms with Crippen LogP contribution in [-0.2, 0) is 4.74 Å². The Morgan fingerprint density at radius 3 is 2.69 bits per heavy atom. The first-order valence-electron chi connectivity index (χ1n) is 4.77. The third-order valence-electron chi connectivity index (χ3n) is 1.93. The average molecular weight is 269 g/mol. The van der Waals surface area contributed by atoms with E-state index in [9.17, 15) is 4.79 Å². The molecule has 0 bridgehead atoms. The SMILES string of the molecule is Cl.N=C(N)SCCNC(=O)N1CCOCC1. The van der Waals surface area contributed by atoms with Crippen LogP contribution in [0.25, 0.3) is 0 Å². The second-order valence-electron chi connectivity index (χ2n) is 3.04. The molecule has 1 saturated heterocycles. The van der Waals surface area contributed by atoms with E-state index in [1.807, 2.05) is 0 Å². The van der Waals surface area contributed by atoms with E-state index in [4.69, 9.17) is 15.9 Å². The van der Waals surface area contributed by atoms with E-state index >= 15 is 0 Å². The van der Waals surface area contributed by atoms with Crippen LogP contribution < -0.4 is 11.1 Å². The van der Waals surface area contributed by atoms with Gasteiger partial charge in [0, 0.05) is 25.4 Å². The summed E-state index contributed by atoms with van der Waals surface area (Å²) < 4.78 is 5.14. The van der Waals surface area contributed by atoms with Crippen molar-refractivity contribution in [2.24, 2.45) is 5.73 Å². The molecular formula is C8H17ClN4O2S. The summed E-state index contributed by atoms with van der Waals surface area (Å²) in [6, 6.07) is -0.0672. The van der Waals surface area contributed by atoms with E-state index in [0.717, 1.165) is 0 Å². The van der Waals surface area contributed by atoms with Crippen LogP contribution in [0.3, 0.4) is 0 Å². The number of nitrogens with one attached hydrogen (secondary N) is 2. The third kappa shape index (κ3) is 6.04. The Morgan fingerprint density at radius 1 is 1.50 bits per heavy atom. The summed E-state index contributed by atoms with van der Waals surface area (Å²) in [4.78, 5) is 13.2. The van der Waals surface area contributed by atoms with E-state index in [0.29, 0.717) is 38.6 Å². The number of amidine groups is 1. The molecule has 1 aliphatic rings. The first kappa shape index (κ1) is 15.3. The van der Waals surface area contributed by atoms with Crippen LogP contribution in [-0.4, -0.2) is 54.7 Å². The molecule has 1 aliphatic heterocycles. The second kappa shape index (κ2) is 8.49. The Hall–Kier alpha value is -0.660. The maximum absolute atomic E-state index is 11.5. The molecule has 4 N–H and O–H groups in total. The summed E-state index contributed by atoms with van der Waals surface area (Å²) in [6.45, 7) is 3.03. The lowest BCUT2D eigenvalue weighted by Crippen LogP contribution is -2.46. The summed E-state index contributed by atoms with van der Waals surface area (Å²) >= 11 is 1.22. The summed E-state index contributed by atoms with van der Waals surface area (Å²) in [5.74, 6) is 0.630. The van der Waals surface area contributed by atoms with Crippen molar-refractivity contribution in [2.45, 2.75) is 0 Å². The number of rotatable bonds is 3. The lowest BCUT2D eigenvalue weighted by atomic mass is 10.4. The molecule has 0 saturated carbocycles. The van der Waals surface area contributed by atoms with Gasteiger partial charge in [-0.3, -0.25) is 5.41 Å². The number of hydrogen-bond donors (Lipinski definition) is 3. The minimum absolute atomic E-state index is 0. The molecule has 1 fully saturated rings. The normalized spacial score (nSPS) is 15.1. The number of amides is 2. The number of ether oxygens (including phenoxy) is 1. The number of carbonyl (C=O) groups excluding carboxylic acids is 1. The van der Waals surface area contributed by atoms with E-state index in [2.05, 4.69) is 5.32 Å². The molecule has 0 aromatic rings. The molecule has 0 aliphatic carbocycles. The summed E-state index contributed by atoms with van der Waals surface area (Å²) in [5.41, 5.74) is 5.16. The van der Waals surface area contributed by atoms with Gasteiger partial charge in [-0.1, -0.05) is 11.8 Å². The Kier molecular flexibility index (Phi) is 8.14. The Morgan fingerprint density at radius 2 is 2.12 bits per heavy atom. The van der Waals surface area contributed by atoms with Gasteiger partial charge in [0.05, 0.1) is 13.2 Å². The van der Waals surface area contributed by atoms with E-state index in [1.165, 1.54) is 11.8 Å². The fourth-order valence-corrected chi connectivity index (χ4v) is 1.62. The van der Waals surface area contributed by atoms with Crippen molar-refractivity contribution in [3.63, 3.8) is 0 Å². The Bertz CT molecular complexity index is 236. The van der Waals surface area contributed by atoms with Crippen LogP contribution in [0.2, 0.25) is 0 Å². The Labute approximate surface area is 105 Å². The van der Waals surface area contributed by atoms with Crippen molar-refractivity contribution in [1.29, 1.82) is 5.41 Å². The lowest BCUT2D eigenvalue weighted by molar-refractivity contribution is 0.0533. The highest BCUT2D eigenvalue weighted by molar-refractivity contribution is 8.13. The predicted molar refractivity (Wildman–Crippen MR) is 67.4 cm³/mol. The maximum atomic E-state index is 11.5. The van der Waals surface area contributed by atoms with Gasteiger partial charge in [0.2, 0.25) is 0 Å². The zero-order valence-corrected chi connectivity index (χ0v) is 10.5. The molecule has 0 spiro atoms. The standard InChI is InChI=1S/C8H16N4O2S.ClH/c9-7(10)15-6-1-11-8(13)12-2-4-14-5-3-12;/h1-6H2,(H3,9,10)(H,11,13);1H. The van der Waals surface area contributed by atoms with Crippen molar-refractivity contribution >= 4 is 35.4 Å². The molecule has 16 heavy (non-hydrogen) atoms. The fourth-order valence-electron chi connectivity index (χ4n) is 1.20. The molecule has 0 radical (unpaired) electrons. The minimum atomic E-state index is -0.0672. The molecular weight excluding hydrogens is 252 g/mol. The Balaban J connectivity index is 0.00000225. The molecule has 8 heteroatoms. The zero-order chi connectivity index (χ0) is 11.1. The van der Waals surface area contributed by atoms with Gasteiger partial charge in [-0.05, 0) is 0 Å². The first-order chi connectivity index (χ1) is 7.20. The smallest absolute Gasteiger partial charge is 0.317 e. The molecule has 1 rings (SSSR count). The number of hydrogen-bond acceptors (Lipinski definition) is 4. The topological polar surface area (TPSA) is 91.4 Å². The van der Waals surface area contributed by atoms with Crippen LogP contribution in [0.5, 0.6) is 0 Å². The summed E-state index contributed by atoms with van der Waals surface area (Å²) in [7, 11) is 0. The molecule has 1 heterocycles. The monoisotopic (exact) mass is 268 g/mol. The summed E-state index contributed by atoms with van der Waals surface area (Å²) in [5, 5.41) is 9.82. The molecule has 6 nitrogen and oxygen atoms in total. The molecule has 0 atom stereocenters. The number of nitrogens with two attached hydrogens (primary N) is 1. The number of urea groups is 1. The first-order valence-corrected chi connectivity index (χ1v) is 5.76. The largest absolute Gasteiger partial charge is 0.379 e. The highest BCUT2D eigenvalue weighted by Gasteiger charge is 2.15. The van der Waals surface area contributed by atoms with Gasteiger partial charge < -0.3 is 20.7 Å². The van der Waals surface area contributed by atoms with Crippen molar-refractivity contribution in [3.8, 4) is 0 Å². The maximum Gasteiger partial charge on any atom is 0.317 e. The molecule has 0 aromatic heterocycles. The van der Waals surface area contributed by atoms with Crippen LogP contribution in [0.15, 0.2) is 0 Å². The van der Waals surface area contributed by atoms with Crippen molar-refractivity contribution in [2.75, 3.05) is 38.6 Å². The molecule has 2 amide bonds. The van der Waals surface area contributed by atoms with Gasteiger partial charge >= 0.3 is 6.03 Å². The average Bonchev–Trinajstić information content (AvgIpc) is 2.25. The van der Waals surface area contributed by atoms with Gasteiger partial charge in [-0.15, -0.1) is 12.4 Å². The van der Waals surface area contributed by atoms with Crippen molar-refractivity contribution in [1.82, 2.24) is 10.2 Å². The highest BCUT2D eigenvalue weighted by atomic mass is 35.5. The minimum Gasteiger partial charge on any atom is -0.379 e. The van der Waals surface area contributed by atoms with Gasteiger partial charge in [-0.25, -0.2) is 4.79 Å². The summed E-state index contributed by atoms with van der Waals surface area (Å²) in [6.07, 6.45) is 0. The lowest BCUT2D eigenvalue weighted by Gasteiger charge is -2.26. The number of nitrogens with zero attached hydrogens (tertiary/aromatic N) is 1. The quantitative estimate of drug-likeness (QED) is 0.384. The number of halogens is 1. The molecule has 0 unspecified atom stereocenters. The van der Waals surface area contributed by atoms with Crippen LogP contribution >= 0.6 is 24.2 Å². The van der Waals surface area contributed by atoms with Gasteiger partial charge in [0.1, 0.15) is 0 Å². The second-order valence-corrected chi connectivity index (χ2v) is 4.18. The van der Waals surface area contributed by atoms with E-state index in [-0.39, 0.29) is 23.6 Å². The zero-order valence-electron chi connectivity index (χ0n) is 8.90. The van der Waals surface area contributed by atoms with Crippen molar-refractivity contribution in [3.05, 3.63) is 0 Å². The fraction of sp³-hybridized carbons (Fsp3) is 0.750. The molecule has 0 aromatic carbocycles. The number of morpholine rings is 1. The highest BCUT2D eigenvalue weighted by Crippen LogP contribution is 1.98. The van der Waals surface area contributed by atoms with Gasteiger partial charge in [0.25, 0.3) is 0 Å². The number of carbonyl (C=O) groups is 1. The molecule has 94 valence electrons. The van der Waals surface area contributed by atoms with Crippen LogP contribution in [0.1, 0.15) is 0 Å². The van der Waals surface area contributed by atoms with E-state index in [1.54, 1.807) is 4.90 Å². The van der Waals surface area contributed by atoms with Gasteiger partial charge in [0.15, 0.2) is 5.17 Å².